The number of benzene rings is 1. The minimum atomic E-state index is -0.166. The number of aromatic amines is 1. The molecule has 1 saturated heterocycles. The monoisotopic (exact) mass is 410 g/mol. The second-order valence-electron chi connectivity index (χ2n) is 7.31. The van der Waals surface area contributed by atoms with E-state index in [1.165, 1.54) is 6.33 Å². The maximum Gasteiger partial charge on any atom is 0.223 e. The third-order valence-corrected chi connectivity index (χ3v) is 5.47. The molecule has 9 heteroatoms. The van der Waals surface area contributed by atoms with E-state index in [2.05, 4.69) is 15.2 Å². The minimum absolute atomic E-state index is 0.0765. The van der Waals surface area contributed by atoms with Crippen molar-refractivity contribution < 1.29 is 14.3 Å². The Balaban J connectivity index is 1.60. The SMILES string of the molecule is COc1cccc(-n2nc(C)c(C3COCCN3C(=O)CCc3ncn[nH]3)c2C)c1. The van der Waals surface area contributed by atoms with E-state index in [4.69, 9.17) is 14.6 Å². The van der Waals surface area contributed by atoms with E-state index < -0.39 is 0 Å². The number of carbonyl (C=O) groups is 1. The van der Waals surface area contributed by atoms with Crippen LogP contribution in [0.2, 0.25) is 0 Å². The standard InChI is InChI=1S/C21H26N6O3/c1-14-21(15(2)27(25-14)16-5-4-6-17(11-16)29-3)18-12-30-10-9-26(18)20(28)8-7-19-22-13-23-24-19/h4-6,11,13,18H,7-10,12H2,1-3H3,(H,22,23,24). The number of aromatic nitrogens is 5. The molecular formula is C21H26N6O3. The molecule has 9 nitrogen and oxygen atoms in total. The molecule has 3 heterocycles. The van der Waals surface area contributed by atoms with Crippen molar-refractivity contribution >= 4 is 5.91 Å². The lowest BCUT2D eigenvalue weighted by atomic mass is 10.0. The smallest absolute Gasteiger partial charge is 0.223 e. The molecular weight excluding hydrogens is 384 g/mol. The summed E-state index contributed by atoms with van der Waals surface area (Å²) in [6, 6.07) is 7.61. The number of nitrogens with one attached hydrogen (secondary N) is 1. The van der Waals surface area contributed by atoms with Crippen LogP contribution in [0.4, 0.5) is 0 Å². The third kappa shape index (κ3) is 3.93. The van der Waals surface area contributed by atoms with Gasteiger partial charge in [0.2, 0.25) is 5.91 Å². The van der Waals surface area contributed by atoms with Crippen LogP contribution in [-0.2, 0) is 16.0 Å². The van der Waals surface area contributed by atoms with Crippen LogP contribution in [-0.4, -0.2) is 62.6 Å². The summed E-state index contributed by atoms with van der Waals surface area (Å²) in [5, 5.41) is 11.4. The van der Waals surface area contributed by atoms with Crippen molar-refractivity contribution in [3.63, 3.8) is 0 Å². The molecule has 1 aromatic carbocycles. The van der Waals surface area contributed by atoms with Crippen molar-refractivity contribution in [2.75, 3.05) is 26.9 Å². The maximum absolute atomic E-state index is 13.0. The van der Waals surface area contributed by atoms with E-state index in [9.17, 15) is 4.79 Å². The zero-order chi connectivity index (χ0) is 21.1. The van der Waals surface area contributed by atoms with E-state index in [0.717, 1.165) is 28.4 Å². The van der Waals surface area contributed by atoms with Gasteiger partial charge in [0, 0.05) is 36.7 Å². The largest absolute Gasteiger partial charge is 0.497 e. The van der Waals surface area contributed by atoms with Crippen LogP contribution in [0, 0.1) is 13.8 Å². The van der Waals surface area contributed by atoms with Gasteiger partial charge in [0.15, 0.2) is 0 Å². The summed E-state index contributed by atoms with van der Waals surface area (Å²) in [6.07, 6.45) is 2.36. The molecule has 0 saturated carbocycles. The number of rotatable bonds is 6. The summed E-state index contributed by atoms with van der Waals surface area (Å²) < 4.78 is 13.0. The van der Waals surface area contributed by atoms with Gasteiger partial charge in [-0.25, -0.2) is 9.67 Å². The van der Waals surface area contributed by atoms with Crippen LogP contribution in [0.25, 0.3) is 5.69 Å². The molecule has 0 bridgehead atoms. The summed E-state index contributed by atoms with van der Waals surface area (Å²) in [4.78, 5) is 19.0. The zero-order valence-electron chi connectivity index (χ0n) is 17.5. The van der Waals surface area contributed by atoms with Crippen molar-refractivity contribution in [1.29, 1.82) is 0 Å². The van der Waals surface area contributed by atoms with E-state index in [1.54, 1.807) is 7.11 Å². The molecule has 1 atom stereocenters. The number of methoxy groups -OCH3 is 1. The molecule has 1 N–H and O–H groups in total. The summed E-state index contributed by atoms with van der Waals surface area (Å²) >= 11 is 0. The van der Waals surface area contributed by atoms with Crippen molar-refractivity contribution in [1.82, 2.24) is 29.9 Å². The fourth-order valence-electron chi connectivity index (χ4n) is 3.99. The lowest BCUT2D eigenvalue weighted by molar-refractivity contribution is -0.140. The molecule has 1 aliphatic heterocycles. The molecule has 158 valence electrons. The van der Waals surface area contributed by atoms with Crippen LogP contribution in [0.5, 0.6) is 5.75 Å². The van der Waals surface area contributed by atoms with Gasteiger partial charge in [-0.15, -0.1) is 0 Å². The van der Waals surface area contributed by atoms with E-state index in [-0.39, 0.29) is 11.9 Å². The molecule has 0 radical (unpaired) electrons. The van der Waals surface area contributed by atoms with E-state index >= 15 is 0 Å². The number of carbonyl (C=O) groups excluding carboxylic acids is 1. The second kappa shape index (κ2) is 8.66. The first kappa shape index (κ1) is 20.1. The highest BCUT2D eigenvalue weighted by Gasteiger charge is 2.32. The van der Waals surface area contributed by atoms with E-state index in [0.29, 0.717) is 38.4 Å². The Kier molecular flexibility index (Phi) is 5.80. The fraction of sp³-hybridized carbons (Fsp3) is 0.429. The van der Waals surface area contributed by atoms with Gasteiger partial charge in [0.1, 0.15) is 17.9 Å². The third-order valence-electron chi connectivity index (χ3n) is 5.47. The van der Waals surface area contributed by atoms with Gasteiger partial charge in [-0.05, 0) is 26.0 Å². The number of aryl methyl sites for hydroxylation is 2. The Bertz CT molecular complexity index is 1010. The molecule has 4 rings (SSSR count). The van der Waals surface area contributed by atoms with Gasteiger partial charge in [-0.2, -0.15) is 10.2 Å². The van der Waals surface area contributed by atoms with E-state index in [1.807, 2.05) is 47.7 Å². The number of H-pyrrole nitrogens is 1. The quantitative estimate of drug-likeness (QED) is 0.669. The van der Waals surface area contributed by atoms with Gasteiger partial charge in [0.25, 0.3) is 0 Å². The molecule has 2 aromatic heterocycles. The number of hydrogen-bond donors (Lipinski definition) is 1. The molecule has 30 heavy (non-hydrogen) atoms. The fourth-order valence-corrected chi connectivity index (χ4v) is 3.99. The predicted molar refractivity (Wildman–Crippen MR) is 110 cm³/mol. The average molecular weight is 410 g/mol. The predicted octanol–water partition coefficient (Wildman–Crippen LogP) is 2.15. The first-order chi connectivity index (χ1) is 14.6. The highest BCUT2D eigenvalue weighted by atomic mass is 16.5. The van der Waals surface area contributed by atoms with Gasteiger partial charge >= 0.3 is 0 Å². The number of morpholine rings is 1. The van der Waals surface area contributed by atoms with Gasteiger partial charge < -0.3 is 14.4 Å². The number of amides is 1. The first-order valence-corrected chi connectivity index (χ1v) is 10.0. The molecule has 1 aliphatic rings. The Morgan fingerprint density at radius 3 is 3.00 bits per heavy atom. The topological polar surface area (TPSA) is 98.2 Å². The summed E-state index contributed by atoms with van der Waals surface area (Å²) in [6.45, 7) is 5.56. The van der Waals surface area contributed by atoms with Crippen molar-refractivity contribution in [2.45, 2.75) is 32.7 Å². The Morgan fingerprint density at radius 1 is 1.37 bits per heavy atom. The van der Waals surface area contributed by atoms with Gasteiger partial charge in [-0.3, -0.25) is 9.89 Å². The van der Waals surface area contributed by atoms with Gasteiger partial charge in [0.05, 0.1) is 37.7 Å². The second-order valence-corrected chi connectivity index (χ2v) is 7.31. The highest BCUT2D eigenvalue weighted by molar-refractivity contribution is 5.77. The normalized spacial score (nSPS) is 16.6. The number of hydrogen-bond acceptors (Lipinski definition) is 6. The Hall–Kier alpha value is -3.20. The van der Waals surface area contributed by atoms with Crippen LogP contribution < -0.4 is 4.74 Å². The molecule has 0 aliphatic carbocycles. The lowest BCUT2D eigenvalue weighted by Crippen LogP contribution is -2.43. The minimum Gasteiger partial charge on any atom is -0.497 e. The van der Waals surface area contributed by atoms with Crippen molar-refractivity contribution in [3.05, 3.63) is 53.4 Å². The Labute approximate surface area is 175 Å². The molecule has 1 amide bonds. The lowest BCUT2D eigenvalue weighted by Gasteiger charge is -2.36. The Morgan fingerprint density at radius 2 is 2.23 bits per heavy atom. The molecule has 1 fully saturated rings. The number of nitrogens with zero attached hydrogens (tertiary/aromatic N) is 5. The first-order valence-electron chi connectivity index (χ1n) is 10.0. The van der Waals surface area contributed by atoms with Crippen LogP contribution in [0.3, 0.4) is 0 Å². The maximum atomic E-state index is 13.0. The van der Waals surface area contributed by atoms with Crippen LogP contribution >= 0.6 is 0 Å². The van der Waals surface area contributed by atoms with Crippen molar-refractivity contribution in [2.24, 2.45) is 0 Å². The molecule has 3 aromatic rings. The summed E-state index contributed by atoms with van der Waals surface area (Å²) in [5.41, 5.74) is 3.83. The van der Waals surface area contributed by atoms with Crippen LogP contribution in [0.15, 0.2) is 30.6 Å². The average Bonchev–Trinajstić information content (AvgIpc) is 3.39. The molecule has 1 unspecified atom stereocenters. The summed E-state index contributed by atoms with van der Waals surface area (Å²) in [7, 11) is 1.65. The van der Waals surface area contributed by atoms with Gasteiger partial charge in [-0.1, -0.05) is 6.07 Å². The highest BCUT2D eigenvalue weighted by Crippen LogP contribution is 2.31. The summed E-state index contributed by atoms with van der Waals surface area (Å²) in [5.74, 6) is 1.56. The number of ether oxygens (including phenoxy) is 2. The van der Waals surface area contributed by atoms with Crippen LogP contribution in [0.1, 0.15) is 35.2 Å². The molecule has 0 spiro atoms. The zero-order valence-corrected chi connectivity index (χ0v) is 17.5. The van der Waals surface area contributed by atoms with Crippen molar-refractivity contribution in [3.8, 4) is 11.4 Å².